The summed E-state index contributed by atoms with van der Waals surface area (Å²) in [6.45, 7) is 9.34. The van der Waals surface area contributed by atoms with E-state index in [1.165, 1.54) is 12.8 Å². The summed E-state index contributed by atoms with van der Waals surface area (Å²) in [5.74, 6) is 0.729. The standard InChI is InChI=1S/C18H34N4O2.2ClH/c1-15(2)13-16(19)18(24)22-11-9-20(10-12-22)14-17(23)21-7-5-3-4-6-8-21;;/h15-16H,3-14,19H2,1-2H3;2*1H/t16-;;/m0../s1. The summed E-state index contributed by atoms with van der Waals surface area (Å²) in [6.07, 6.45) is 5.46. The Labute approximate surface area is 170 Å². The van der Waals surface area contributed by atoms with Gasteiger partial charge in [0, 0.05) is 39.3 Å². The number of amides is 2. The molecule has 154 valence electrons. The largest absolute Gasteiger partial charge is 0.342 e. The predicted molar refractivity (Wildman–Crippen MR) is 110 cm³/mol. The molecule has 2 rings (SSSR count). The van der Waals surface area contributed by atoms with Gasteiger partial charge in [-0.3, -0.25) is 14.5 Å². The molecule has 2 saturated heterocycles. The number of likely N-dealkylation sites (tertiary alicyclic amines) is 1. The number of halogens is 2. The van der Waals surface area contributed by atoms with Gasteiger partial charge < -0.3 is 15.5 Å². The second kappa shape index (κ2) is 12.8. The molecule has 2 heterocycles. The van der Waals surface area contributed by atoms with Crippen LogP contribution in [0.25, 0.3) is 0 Å². The maximum atomic E-state index is 12.4. The summed E-state index contributed by atoms with van der Waals surface area (Å²) in [5, 5.41) is 0. The Morgan fingerprint density at radius 1 is 0.846 bits per heavy atom. The van der Waals surface area contributed by atoms with E-state index in [1.807, 2.05) is 9.80 Å². The lowest BCUT2D eigenvalue weighted by Crippen LogP contribution is -2.55. The van der Waals surface area contributed by atoms with Gasteiger partial charge in [0.05, 0.1) is 12.6 Å². The third-order valence-corrected chi connectivity index (χ3v) is 5.04. The van der Waals surface area contributed by atoms with Crippen molar-refractivity contribution in [3.05, 3.63) is 0 Å². The van der Waals surface area contributed by atoms with Crippen LogP contribution in [0.5, 0.6) is 0 Å². The monoisotopic (exact) mass is 410 g/mol. The first kappa shape index (κ1) is 25.4. The number of nitrogens with two attached hydrogens (primary N) is 1. The maximum Gasteiger partial charge on any atom is 0.239 e. The molecule has 0 aromatic heterocycles. The minimum atomic E-state index is -0.393. The SMILES string of the molecule is CC(C)C[C@H](N)C(=O)N1CCN(CC(=O)N2CCCCCC2)CC1.Cl.Cl. The molecule has 0 aromatic carbocycles. The van der Waals surface area contributed by atoms with Gasteiger partial charge >= 0.3 is 0 Å². The van der Waals surface area contributed by atoms with Crippen molar-refractivity contribution < 1.29 is 9.59 Å². The summed E-state index contributed by atoms with van der Waals surface area (Å²) in [6, 6.07) is -0.393. The molecule has 8 heteroatoms. The first-order valence-corrected chi connectivity index (χ1v) is 9.52. The molecule has 0 aliphatic carbocycles. The van der Waals surface area contributed by atoms with E-state index in [1.54, 1.807) is 0 Å². The van der Waals surface area contributed by atoms with Gasteiger partial charge in [0.2, 0.25) is 11.8 Å². The fraction of sp³-hybridized carbons (Fsp3) is 0.889. The minimum Gasteiger partial charge on any atom is -0.342 e. The highest BCUT2D eigenvalue weighted by atomic mass is 35.5. The zero-order chi connectivity index (χ0) is 17.5. The number of hydrogen-bond acceptors (Lipinski definition) is 4. The van der Waals surface area contributed by atoms with Gasteiger partial charge in [-0.15, -0.1) is 24.8 Å². The molecule has 1 atom stereocenters. The third-order valence-electron chi connectivity index (χ3n) is 5.04. The van der Waals surface area contributed by atoms with Gasteiger partial charge in [-0.25, -0.2) is 0 Å². The second-order valence-corrected chi connectivity index (χ2v) is 7.63. The number of carbonyl (C=O) groups excluding carboxylic acids is 2. The average molecular weight is 411 g/mol. The quantitative estimate of drug-likeness (QED) is 0.749. The van der Waals surface area contributed by atoms with Crippen molar-refractivity contribution >= 4 is 36.6 Å². The summed E-state index contributed by atoms with van der Waals surface area (Å²) < 4.78 is 0. The van der Waals surface area contributed by atoms with Gasteiger partial charge in [0.1, 0.15) is 0 Å². The van der Waals surface area contributed by atoms with Crippen LogP contribution in [-0.4, -0.2) is 78.4 Å². The van der Waals surface area contributed by atoms with E-state index in [0.717, 1.165) is 45.4 Å². The molecule has 6 nitrogen and oxygen atoms in total. The third kappa shape index (κ3) is 7.99. The molecule has 2 aliphatic rings. The van der Waals surface area contributed by atoms with Crippen LogP contribution in [0.3, 0.4) is 0 Å². The van der Waals surface area contributed by atoms with Crippen molar-refractivity contribution in [2.45, 2.75) is 52.0 Å². The molecule has 2 amide bonds. The highest BCUT2D eigenvalue weighted by Crippen LogP contribution is 2.12. The Hall–Kier alpha value is -0.560. The molecule has 0 radical (unpaired) electrons. The highest BCUT2D eigenvalue weighted by molar-refractivity contribution is 5.85. The summed E-state index contributed by atoms with van der Waals surface area (Å²) in [7, 11) is 0. The van der Waals surface area contributed by atoms with Gasteiger partial charge in [-0.05, 0) is 25.2 Å². The Bertz CT molecular complexity index is 421. The van der Waals surface area contributed by atoms with Crippen LogP contribution >= 0.6 is 24.8 Å². The van der Waals surface area contributed by atoms with E-state index in [4.69, 9.17) is 5.73 Å². The summed E-state index contributed by atoms with van der Waals surface area (Å²) in [4.78, 5) is 30.9. The molecular weight excluding hydrogens is 375 g/mol. The van der Waals surface area contributed by atoms with Crippen LogP contribution in [-0.2, 0) is 9.59 Å². The smallest absolute Gasteiger partial charge is 0.239 e. The number of nitrogens with zero attached hydrogens (tertiary/aromatic N) is 3. The molecule has 0 unspecified atom stereocenters. The molecule has 2 fully saturated rings. The van der Waals surface area contributed by atoms with E-state index < -0.39 is 6.04 Å². The lowest BCUT2D eigenvalue weighted by Gasteiger charge is -2.36. The lowest BCUT2D eigenvalue weighted by molar-refractivity contribution is -0.136. The maximum absolute atomic E-state index is 12.4. The van der Waals surface area contributed by atoms with E-state index in [-0.39, 0.29) is 36.6 Å². The first-order chi connectivity index (χ1) is 11.5. The molecular formula is C18H36Cl2N4O2. The van der Waals surface area contributed by atoms with Crippen LogP contribution in [0.1, 0.15) is 46.0 Å². The number of piperazine rings is 1. The van der Waals surface area contributed by atoms with Crippen molar-refractivity contribution in [1.29, 1.82) is 0 Å². The second-order valence-electron chi connectivity index (χ2n) is 7.63. The normalized spacial score (nSPS) is 20.0. The molecule has 2 N–H and O–H groups in total. The molecule has 26 heavy (non-hydrogen) atoms. The minimum absolute atomic E-state index is 0. The Morgan fingerprint density at radius 3 is 1.88 bits per heavy atom. The first-order valence-electron chi connectivity index (χ1n) is 9.52. The number of hydrogen-bond donors (Lipinski definition) is 1. The Kier molecular flexibility index (Phi) is 12.5. The number of rotatable bonds is 5. The fourth-order valence-corrected chi connectivity index (χ4v) is 3.58. The van der Waals surface area contributed by atoms with Crippen molar-refractivity contribution in [3.63, 3.8) is 0 Å². The van der Waals surface area contributed by atoms with E-state index in [0.29, 0.717) is 25.6 Å². The molecule has 0 spiro atoms. The Balaban J connectivity index is 0.00000312. The molecule has 2 aliphatic heterocycles. The Morgan fingerprint density at radius 2 is 1.38 bits per heavy atom. The van der Waals surface area contributed by atoms with Gasteiger partial charge in [-0.2, -0.15) is 0 Å². The summed E-state index contributed by atoms with van der Waals surface area (Å²) >= 11 is 0. The van der Waals surface area contributed by atoms with Gasteiger partial charge in [0.15, 0.2) is 0 Å². The van der Waals surface area contributed by atoms with Crippen LogP contribution in [0.15, 0.2) is 0 Å². The topological polar surface area (TPSA) is 69.9 Å². The van der Waals surface area contributed by atoms with Crippen molar-refractivity contribution in [2.24, 2.45) is 11.7 Å². The predicted octanol–water partition coefficient (Wildman–Crippen LogP) is 1.75. The molecule has 0 aromatic rings. The zero-order valence-corrected chi connectivity index (χ0v) is 17.8. The average Bonchev–Trinajstić information content (AvgIpc) is 2.83. The number of carbonyl (C=O) groups is 2. The van der Waals surface area contributed by atoms with Crippen LogP contribution in [0, 0.1) is 5.92 Å². The fourth-order valence-electron chi connectivity index (χ4n) is 3.58. The highest BCUT2D eigenvalue weighted by Gasteiger charge is 2.27. The van der Waals surface area contributed by atoms with Crippen LogP contribution in [0.2, 0.25) is 0 Å². The van der Waals surface area contributed by atoms with Crippen LogP contribution in [0.4, 0.5) is 0 Å². The summed E-state index contributed by atoms with van der Waals surface area (Å²) in [5.41, 5.74) is 6.01. The molecule has 0 saturated carbocycles. The van der Waals surface area contributed by atoms with E-state index in [2.05, 4.69) is 18.7 Å². The van der Waals surface area contributed by atoms with E-state index in [9.17, 15) is 9.59 Å². The van der Waals surface area contributed by atoms with Crippen molar-refractivity contribution in [2.75, 3.05) is 45.8 Å². The van der Waals surface area contributed by atoms with Gasteiger partial charge in [0.25, 0.3) is 0 Å². The lowest BCUT2D eigenvalue weighted by atomic mass is 10.0. The van der Waals surface area contributed by atoms with Gasteiger partial charge in [-0.1, -0.05) is 26.7 Å². The van der Waals surface area contributed by atoms with E-state index >= 15 is 0 Å². The van der Waals surface area contributed by atoms with Crippen molar-refractivity contribution in [1.82, 2.24) is 14.7 Å². The van der Waals surface area contributed by atoms with Crippen molar-refractivity contribution in [3.8, 4) is 0 Å². The molecule has 0 bridgehead atoms. The zero-order valence-electron chi connectivity index (χ0n) is 16.2. The van der Waals surface area contributed by atoms with Crippen LogP contribution < -0.4 is 5.73 Å².